The third-order valence-corrected chi connectivity index (χ3v) is 5.66. The molecule has 2 saturated heterocycles. The zero-order valence-corrected chi connectivity index (χ0v) is 15.8. The number of carbonyl (C=O) groups is 1. The van der Waals surface area contributed by atoms with Gasteiger partial charge in [-0.3, -0.25) is 4.79 Å². The number of fused-ring (bicyclic) bond motifs is 3. The predicted octanol–water partition coefficient (Wildman–Crippen LogP) is 3.35. The Hall–Kier alpha value is -3.30. The molecular weight excluding hydrogens is 399 g/mol. The highest BCUT2D eigenvalue weighted by atomic mass is 19.4. The van der Waals surface area contributed by atoms with E-state index in [1.54, 1.807) is 4.90 Å². The molecule has 1 amide bonds. The molecule has 30 heavy (non-hydrogen) atoms. The number of piperazine rings is 1. The number of carbonyl (C=O) groups excluding carboxylic acids is 1. The fourth-order valence-corrected chi connectivity index (χ4v) is 4.49. The van der Waals surface area contributed by atoms with E-state index in [4.69, 9.17) is 0 Å². The number of halogens is 3. The number of hydrogen-bond acceptors (Lipinski definition) is 5. The second-order valence-electron chi connectivity index (χ2n) is 7.52. The summed E-state index contributed by atoms with van der Waals surface area (Å²) in [6, 6.07) is 7.11. The van der Waals surface area contributed by atoms with Crippen molar-refractivity contribution in [2.75, 3.05) is 18.0 Å². The van der Waals surface area contributed by atoms with E-state index in [1.807, 2.05) is 12.3 Å². The van der Waals surface area contributed by atoms with E-state index in [9.17, 15) is 18.0 Å². The summed E-state index contributed by atoms with van der Waals surface area (Å²) in [5.41, 5.74) is 0.949. The van der Waals surface area contributed by atoms with Gasteiger partial charge in [0.15, 0.2) is 0 Å². The minimum Gasteiger partial charge on any atom is -0.406 e. The van der Waals surface area contributed by atoms with Crippen molar-refractivity contribution in [3.05, 3.63) is 48.4 Å². The Bertz CT molecular complexity index is 1090. The topological polar surface area (TPSA) is 74.3 Å². The van der Waals surface area contributed by atoms with Crippen molar-refractivity contribution in [2.45, 2.75) is 31.3 Å². The first-order chi connectivity index (χ1) is 14.4. The molecule has 156 valence electrons. The van der Waals surface area contributed by atoms with Gasteiger partial charge >= 0.3 is 6.36 Å². The Morgan fingerprint density at radius 1 is 1.13 bits per heavy atom. The SMILES string of the molecule is O=C(c1cccc(OC(F)(F)F)c1)N1C2CCC1CN(c1ncnc3[nH]ccc13)C2. The lowest BCUT2D eigenvalue weighted by Gasteiger charge is -2.41. The maximum atomic E-state index is 13.1. The number of amides is 1. The lowest BCUT2D eigenvalue weighted by molar-refractivity contribution is -0.274. The molecule has 0 radical (unpaired) electrons. The van der Waals surface area contributed by atoms with Gasteiger partial charge in [-0.25, -0.2) is 9.97 Å². The molecule has 7 nitrogen and oxygen atoms in total. The average Bonchev–Trinajstić information content (AvgIpc) is 3.28. The monoisotopic (exact) mass is 417 g/mol. The van der Waals surface area contributed by atoms with Crippen LogP contribution in [-0.4, -0.2) is 57.3 Å². The van der Waals surface area contributed by atoms with Gasteiger partial charge < -0.3 is 19.5 Å². The highest BCUT2D eigenvalue weighted by molar-refractivity contribution is 5.95. The molecule has 0 aliphatic carbocycles. The van der Waals surface area contributed by atoms with Crippen LogP contribution < -0.4 is 9.64 Å². The zero-order chi connectivity index (χ0) is 20.9. The van der Waals surface area contributed by atoms with Crippen LogP contribution >= 0.6 is 0 Å². The van der Waals surface area contributed by atoms with Crippen LogP contribution in [0.15, 0.2) is 42.9 Å². The van der Waals surface area contributed by atoms with Crippen molar-refractivity contribution >= 4 is 22.8 Å². The predicted molar refractivity (Wildman–Crippen MR) is 102 cm³/mol. The number of H-pyrrole nitrogens is 1. The summed E-state index contributed by atoms with van der Waals surface area (Å²) >= 11 is 0. The third kappa shape index (κ3) is 3.31. The number of nitrogens with zero attached hydrogens (tertiary/aromatic N) is 4. The summed E-state index contributed by atoms with van der Waals surface area (Å²) in [6.45, 7) is 1.22. The van der Waals surface area contributed by atoms with Gasteiger partial charge in [-0.05, 0) is 37.1 Å². The number of rotatable bonds is 3. The molecule has 2 unspecified atom stereocenters. The first-order valence-electron chi connectivity index (χ1n) is 9.60. The van der Waals surface area contributed by atoms with Gasteiger partial charge in [0.1, 0.15) is 23.5 Å². The van der Waals surface area contributed by atoms with Crippen LogP contribution in [0.2, 0.25) is 0 Å². The molecule has 2 aliphatic heterocycles. The van der Waals surface area contributed by atoms with Crippen LogP contribution in [0.1, 0.15) is 23.2 Å². The minimum atomic E-state index is -4.80. The second-order valence-corrected chi connectivity index (χ2v) is 7.52. The Labute approximate surface area is 169 Å². The van der Waals surface area contributed by atoms with Gasteiger partial charge in [0.05, 0.1) is 17.5 Å². The fourth-order valence-electron chi connectivity index (χ4n) is 4.49. The quantitative estimate of drug-likeness (QED) is 0.708. The summed E-state index contributed by atoms with van der Waals surface area (Å²) in [5.74, 6) is 0.158. The second kappa shape index (κ2) is 6.89. The molecule has 2 bridgehead atoms. The number of alkyl halides is 3. The normalized spacial score (nSPS) is 21.3. The number of aromatic nitrogens is 3. The fraction of sp³-hybridized carbons (Fsp3) is 0.350. The lowest BCUT2D eigenvalue weighted by atomic mass is 10.1. The van der Waals surface area contributed by atoms with Crippen LogP contribution in [0.5, 0.6) is 5.75 Å². The Morgan fingerprint density at radius 3 is 2.63 bits per heavy atom. The molecule has 2 atom stereocenters. The molecule has 2 fully saturated rings. The van der Waals surface area contributed by atoms with Crippen molar-refractivity contribution in [1.82, 2.24) is 19.9 Å². The van der Waals surface area contributed by atoms with Crippen molar-refractivity contribution in [1.29, 1.82) is 0 Å². The van der Waals surface area contributed by atoms with E-state index >= 15 is 0 Å². The molecule has 1 aromatic carbocycles. The van der Waals surface area contributed by atoms with Crippen LogP contribution in [0.4, 0.5) is 19.0 Å². The number of anilines is 1. The van der Waals surface area contributed by atoms with E-state index in [-0.39, 0.29) is 23.6 Å². The summed E-state index contributed by atoms with van der Waals surface area (Å²) in [6.07, 6.45) is 0.209. The highest BCUT2D eigenvalue weighted by Gasteiger charge is 2.43. The van der Waals surface area contributed by atoms with Crippen LogP contribution in [0.3, 0.4) is 0 Å². The number of ether oxygens (including phenoxy) is 1. The van der Waals surface area contributed by atoms with Gasteiger partial charge in [-0.1, -0.05) is 6.07 Å². The molecule has 10 heteroatoms. The standard InChI is InChI=1S/C20H18F3N5O2/c21-20(22,23)30-15-3-1-2-12(8-15)19(29)28-13-4-5-14(28)10-27(9-13)18-16-6-7-24-17(16)25-11-26-18/h1-3,6-8,11,13-14H,4-5,9-10H2,(H,24,25,26). The van der Waals surface area contributed by atoms with Crippen LogP contribution in [0, 0.1) is 0 Å². The van der Waals surface area contributed by atoms with E-state index < -0.39 is 12.1 Å². The molecule has 1 N–H and O–H groups in total. The maximum Gasteiger partial charge on any atom is 0.573 e. The van der Waals surface area contributed by atoms with Gasteiger partial charge in [0, 0.05) is 24.8 Å². The summed E-state index contributed by atoms with van der Waals surface area (Å²) < 4.78 is 41.5. The smallest absolute Gasteiger partial charge is 0.406 e. The summed E-state index contributed by atoms with van der Waals surface area (Å²) in [5, 5.41) is 0.925. The maximum absolute atomic E-state index is 13.1. The van der Waals surface area contributed by atoms with E-state index in [0.29, 0.717) is 13.1 Å². The Morgan fingerprint density at radius 2 is 1.90 bits per heavy atom. The molecule has 3 aromatic rings. The molecule has 0 spiro atoms. The van der Waals surface area contributed by atoms with Crippen molar-refractivity contribution in [3.63, 3.8) is 0 Å². The Balaban J connectivity index is 1.37. The lowest BCUT2D eigenvalue weighted by Crippen LogP contribution is -2.56. The van der Waals surface area contributed by atoms with Crippen molar-refractivity contribution in [3.8, 4) is 5.75 Å². The molecule has 0 saturated carbocycles. The van der Waals surface area contributed by atoms with Gasteiger partial charge in [0.25, 0.3) is 5.91 Å². The first kappa shape index (κ1) is 18.7. The molecule has 5 rings (SSSR count). The third-order valence-electron chi connectivity index (χ3n) is 5.66. The van der Waals surface area contributed by atoms with Crippen molar-refractivity contribution in [2.24, 2.45) is 0 Å². The van der Waals surface area contributed by atoms with Gasteiger partial charge in [-0.2, -0.15) is 0 Å². The molecule has 2 aliphatic rings. The van der Waals surface area contributed by atoms with Crippen molar-refractivity contribution < 1.29 is 22.7 Å². The highest BCUT2D eigenvalue weighted by Crippen LogP contribution is 2.35. The zero-order valence-electron chi connectivity index (χ0n) is 15.8. The van der Waals surface area contributed by atoms with E-state index in [2.05, 4.69) is 24.6 Å². The number of benzene rings is 1. The van der Waals surface area contributed by atoms with E-state index in [0.717, 1.165) is 35.8 Å². The summed E-state index contributed by atoms with van der Waals surface area (Å²) in [7, 11) is 0. The molecule has 2 aromatic heterocycles. The average molecular weight is 417 g/mol. The first-order valence-corrected chi connectivity index (χ1v) is 9.60. The number of nitrogens with one attached hydrogen (secondary N) is 1. The molecular formula is C20H18F3N5O2. The minimum absolute atomic E-state index is 0.0348. The van der Waals surface area contributed by atoms with Crippen LogP contribution in [-0.2, 0) is 0 Å². The largest absolute Gasteiger partial charge is 0.573 e. The number of aromatic amines is 1. The Kier molecular flexibility index (Phi) is 4.30. The molecule has 4 heterocycles. The van der Waals surface area contributed by atoms with Crippen LogP contribution in [0.25, 0.3) is 11.0 Å². The summed E-state index contributed by atoms with van der Waals surface area (Å²) in [4.78, 5) is 28.8. The van der Waals surface area contributed by atoms with Gasteiger partial charge in [-0.15, -0.1) is 13.2 Å². The van der Waals surface area contributed by atoms with Gasteiger partial charge in [0.2, 0.25) is 0 Å². The van der Waals surface area contributed by atoms with E-state index in [1.165, 1.54) is 24.5 Å². The number of hydrogen-bond donors (Lipinski definition) is 1.